The molecule has 1 amide bonds. The summed E-state index contributed by atoms with van der Waals surface area (Å²) in [6.07, 6.45) is 3.77. The second-order valence-corrected chi connectivity index (χ2v) is 8.35. The molecule has 8 nitrogen and oxygen atoms in total. The fourth-order valence-corrected chi connectivity index (χ4v) is 4.15. The minimum Gasteiger partial charge on any atom is -0.377 e. The lowest BCUT2D eigenvalue weighted by Gasteiger charge is -2.29. The van der Waals surface area contributed by atoms with E-state index in [0.29, 0.717) is 18.5 Å². The highest BCUT2D eigenvalue weighted by Crippen LogP contribution is 2.31. The molecule has 0 saturated heterocycles. The number of nitro benzene ring substituents is 1. The van der Waals surface area contributed by atoms with Crippen molar-refractivity contribution in [2.75, 3.05) is 18.6 Å². The molecule has 2 unspecified atom stereocenters. The van der Waals surface area contributed by atoms with E-state index in [1.807, 2.05) is 0 Å². The van der Waals surface area contributed by atoms with Crippen LogP contribution in [-0.2, 0) is 9.84 Å². The predicted octanol–water partition coefficient (Wildman–Crippen LogP) is 1.72. The summed E-state index contributed by atoms with van der Waals surface area (Å²) in [4.78, 5) is 22.4. The van der Waals surface area contributed by atoms with E-state index in [1.165, 1.54) is 31.5 Å². The Balaban J connectivity index is 2.22. The molecule has 9 heteroatoms. The van der Waals surface area contributed by atoms with Gasteiger partial charge in [0.05, 0.1) is 10.2 Å². The van der Waals surface area contributed by atoms with Crippen LogP contribution in [0.1, 0.15) is 36.0 Å². The minimum absolute atomic E-state index is 0.150. The van der Waals surface area contributed by atoms with Crippen molar-refractivity contribution in [3.05, 3.63) is 33.9 Å². The zero-order chi connectivity index (χ0) is 17.9. The molecular weight excluding hydrogens is 334 g/mol. The van der Waals surface area contributed by atoms with Gasteiger partial charge in [-0.3, -0.25) is 14.9 Å². The molecule has 0 spiro atoms. The van der Waals surface area contributed by atoms with Crippen molar-refractivity contribution in [1.29, 1.82) is 0 Å². The third kappa shape index (κ3) is 4.22. The van der Waals surface area contributed by atoms with Crippen LogP contribution in [0.4, 0.5) is 11.4 Å². The molecule has 132 valence electrons. The normalized spacial score (nSPS) is 21.1. The van der Waals surface area contributed by atoms with Gasteiger partial charge in [0.2, 0.25) is 0 Å². The van der Waals surface area contributed by atoms with E-state index in [0.717, 1.165) is 12.8 Å². The maximum Gasteiger partial charge on any atom is 0.293 e. The Kier molecular flexibility index (Phi) is 5.43. The Bertz CT molecular complexity index is 747. The van der Waals surface area contributed by atoms with Crippen LogP contribution < -0.4 is 10.6 Å². The van der Waals surface area contributed by atoms with Crippen LogP contribution in [0.15, 0.2) is 18.2 Å². The number of nitrogens with zero attached hydrogens (tertiary/aromatic N) is 1. The van der Waals surface area contributed by atoms with Gasteiger partial charge >= 0.3 is 0 Å². The molecule has 1 fully saturated rings. The van der Waals surface area contributed by atoms with Gasteiger partial charge in [-0.25, -0.2) is 8.42 Å². The van der Waals surface area contributed by atoms with Gasteiger partial charge in [-0.2, -0.15) is 0 Å². The fraction of sp³-hybridized carbons (Fsp3) is 0.533. The molecule has 0 bridgehead atoms. The molecule has 24 heavy (non-hydrogen) atoms. The predicted molar refractivity (Wildman–Crippen MR) is 91.0 cm³/mol. The van der Waals surface area contributed by atoms with Crippen molar-refractivity contribution in [1.82, 2.24) is 5.32 Å². The van der Waals surface area contributed by atoms with E-state index in [4.69, 9.17) is 0 Å². The highest BCUT2D eigenvalue weighted by molar-refractivity contribution is 7.91. The van der Waals surface area contributed by atoms with Gasteiger partial charge in [0, 0.05) is 31.0 Å². The van der Waals surface area contributed by atoms with Gasteiger partial charge in [0.15, 0.2) is 0 Å². The second-order valence-electron chi connectivity index (χ2n) is 6.03. The first-order valence-corrected chi connectivity index (χ1v) is 9.63. The number of nitrogens with one attached hydrogen (secondary N) is 2. The standard InChI is InChI=1S/C15H21N3O5S/c1-16-15(19)10-6-7-13(14(8-10)18(20)21)17-11-4-3-5-12(9-11)24(2,22)23/h6-8,11-12,17H,3-5,9H2,1-2H3,(H,16,19). The monoisotopic (exact) mass is 355 g/mol. The van der Waals surface area contributed by atoms with E-state index in [-0.39, 0.29) is 17.3 Å². The van der Waals surface area contributed by atoms with Crippen LogP contribution in [0, 0.1) is 10.1 Å². The van der Waals surface area contributed by atoms with Crippen LogP contribution in [0.5, 0.6) is 0 Å². The van der Waals surface area contributed by atoms with Crippen molar-refractivity contribution >= 4 is 27.1 Å². The Labute approximate surface area is 140 Å². The van der Waals surface area contributed by atoms with E-state index >= 15 is 0 Å². The highest BCUT2D eigenvalue weighted by atomic mass is 32.2. The summed E-state index contributed by atoms with van der Waals surface area (Å²) in [7, 11) is -1.67. The Morgan fingerprint density at radius 3 is 2.62 bits per heavy atom. The van der Waals surface area contributed by atoms with Gasteiger partial charge in [0.25, 0.3) is 11.6 Å². The molecule has 2 N–H and O–H groups in total. The van der Waals surface area contributed by atoms with Gasteiger partial charge in [-0.05, 0) is 31.4 Å². The van der Waals surface area contributed by atoms with E-state index in [1.54, 1.807) is 0 Å². The van der Waals surface area contributed by atoms with E-state index in [2.05, 4.69) is 10.6 Å². The molecular formula is C15H21N3O5S. The minimum atomic E-state index is -3.13. The molecule has 0 heterocycles. The second kappa shape index (κ2) is 7.16. The van der Waals surface area contributed by atoms with E-state index < -0.39 is 25.9 Å². The van der Waals surface area contributed by atoms with Crippen LogP contribution >= 0.6 is 0 Å². The number of nitro groups is 1. The van der Waals surface area contributed by atoms with Gasteiger partial charge in [0.1, 0.15) is 15.5 Å². The third-order valence-corrected chi connectivity index (χ3v) is 5.91. The van der Waals surface area contributed by atoms with E-state index in [9.17, 15) is 23.3 Å². The summed E-state index contributed by atoms with van der Waals surface area (Å²) in [5.74, 6) is -0.403. The number of amides is 1. The first-order chi connectivity index (χ1) is 11.2. The van der Waals surface area contributed by atoms with Gasteiger partial charge < -0.3 is 10.6 Å². The molecule has 1 aromatic carbocycles. The zero-order valence-corrected chi connectivity index (χ0v) is 14.4. The molecule has 1 aliphatic carbocycles. The number of hydrogen-bond donors (Lipinski definition) is 2. The quantitative estimate of drug-likeness (QED) is 0.613. The lowest BCUT2D eigenvalue weighted by atomic mass is 9.94. The van der Waals surface area contributed by atoms with Crippen molar-refractivity contribution in [3.8, 4) is 0 Å². The SMILES string of the molecule is CNC(=O)c1ccc(NC2CCCC(S(C)(=O)=O)C2)c([N+](=O)[O-])c1. The van der Waals surface area contributed by atoms with Gasteiger partial charge in [-0.15, -0.1) is 0 Å². The number of sulfone groups is 1. The van der Waals surface area contributed by atoms with Crippen LogP contribution in [-0.4, -0.2) is 43.8 Å². The molecule has 1 aliphatic rings. The number of benzene rings is 1. The average Bonchev–Trinajstić information content (AvgIpc) is 2.53. The Morgan fingerprint density at radius 2 is 2.04 bits per heavy atom. The fourth-order valence-electron chi connectivity index (χ4n) is 2.98. The Morgan fingerprint density at radius 1 is 1.33 bits per heavy atom. The number of rotatable bonds is 5. The average molecular weight is 355 g/mol. The molecule has 1 aromatic rings. The lowest BCUT2D eigenvalue weighted by molar-refractivity contribution is -0.384. The third-order valence-electron chi connectivity index (χ3n) is 4.27. The lowest BCUT2D eigenvalue weighted by Crippen LogP contribution is -2.34. The van der Waals surface area contributed by atoms with Crippen molar-refractivity contribution in [2.45, 2.75) is 37.0 Å². The first-order valence-electron chi connectivity index (χ1n) is 7.68. The summed E-state index contributed by atoms with van der Waals surface area (Å²) in [6, 6.07) is 4.07. The maximum absolute atomic E-state index is 11.7. The maximum atomic E-state index is 11.7. The Hall–Kier alpha value is -2.16. The van der Waals surface area contributed by atoms with Crippen LogP contribution in [0.2, 0.25) is 0 Å². The smallest absolute Gasteiger partial charge is 0.293 e. The van der Waals surface area contributed by atoms with Crippen molar-refractivity contribution in [2.24, 2.45) is 0 Å². The molecule has 0 radical (unpaired) electrons. The van der Waals surface area contributed by atoms with Gasteiger partial charge in [-0.1, -0.05) is 6.42 Å². The van der Waals surface area contributed by atoms with Crippen molar-refractivity contribution < 1.29 is 18.1 Å². The molecule has 1 saturated carbocycles. The molecule has 0 aliphatic heterocycles. The molecule has 0 aromatic heterocycles. The summed E-state index contributed by atoms with van der Waals surface area (Å²) < 4.78 is 23.5. The summed E-state index contributed by atoms with van der Waals surface area (Å²) in [6.45, 7) is 0. The van der Waals surface area contributed by atoms with Crippen LogP contribution in [0.3, 0.4) is 0 Å². The topological polar surface area (TPSA) is 118 Å². The largest absolute Gasteiger partial charge is 0.377 e. The number of hydrogen-bond acceptors (Lipinski definition) is 6. The summed E-state index contributed by atoms with van der Waals surface area (Å²) in [5, 5.41) is 16.4. The number of carbonyl (C=O) groups excluding carboxylic acids is 1. The first kappa shape index (κ1) is 18.2. The van der Waals surface area contributed by atoms with Crippen LogP contribution in [0.25, 0.3) is 0 Å². The number of carbonyl (C=O) groups is 1. The summed E-state index contributed by atoms with van der Waals surface area (Å²) in [5.41, 5.74) is 0.303. The molecule has 2 rings (SSSR count). The summed E-state index contributed by atoms with van der Waals surface area (Å²) >= 11 is 0. The van der Waals surface area contributed by atoms with Crippen molar-refractivity contribution in [3.63, 3.8) is 0 Å². The molecule has 2 atom stereocenters. The highest BCUT2D eigenvalue weighted by Gasteiger charge is 2.30. The zero-order valence-electron chi connectivity index (χ0n) is 13.6. The number of anilines is 1.